The molecule has 0 bridgehead atoms. The fourth-order valence-electron chi connectivity index (χ4n) is 2.98. The number of carbonyl (C=O) groups is 1. The highest BCUT2D eigenvalue weighted by Gasteiger charge is 2.14. The second kappa shape index (κ2) is 10.1. The number of nitrogens with one attached hydrogen (secondary N) is 1. The Labute approximate surface area is 145 Å². The summed E-state index contributed by atoms with van der Waals surface area (Å²) < 4.78 is 5.69. The molecule has 1 unspecified atom stereocenters. The van der Waals surface area contributed by atoms with Gasteiger partial charge in [-0.3, -0.25) is 4.79 Å². The Morgan fingerprint density at radius 1 is 1.25 bits per heavy atom. The second-order valence-electron chi connectivity index (χ2n) is 6.75. The monoisotopic (exact) mass is 330 g/mol. The van der Waals surface area contributed by atoms with Gasteiger partial charge in [0.05, 0.1) is 6.61 Å². The standard InChI is InChI=1S/C20H30N2O2/c1-3-4-5-6-14-24-19-12-10-17(11-13-19)20(23)22-21-18-9-7-8-16(2)15-18/h10-13,16H,3-9,14-15H2,1-2H3,(H,22,23)/b21-18+. The van der Waals surface area contributed by atoms with E-state index in [1.807, 2.05) is 12.1 Å². The molecule has 0 spiro atoms. The minimum atomic E-state index is -0.157. The van der Waals surface area contributed by atoms with E-state index in [4.69, 9.17) is 4.74 Å². The van der Waals surface area contributed by atoms with E-state index in [1.54, 1.807) is 12.1 Å². The molecule has 1 aliphatic rings. The number of benzene rings is 1. The predicted octanol–water partition coefficient (Wildman–Crippen LogP) is 4.94. The summed E-state index contributed by atoms with van der Waals surface area (Å²) in [7, 11) is 0. The lowest BCUT2D eigenvalue weighted by atomic mass is 9.89. The molecule has 132 valence electrons. The molecule has 1 amide bonds. The van der Waals surface area contributed by atoms with Crippen molar-refractivity contribution in [3.8, 4) is 5.75 Å². The van der Waals surface area contributed by atoms with E-state index >= 15 is 0 Å². The van der Waals surface area contributed by atoms with Crippen LogP contribution < -0.4 is 10.2 Å². The SMILES string of the molecule is CCCCCCOc1ccc(C(=O)N/N=C2\CCCC(C)C2)cc1. The molecule has 0 aromatic heterocycles. The lowest BCUT2D eigenvalue weighted by Crippen LogP contribution is -2.22. The van der Waals surface area contributed by atoms with Crippen molar-refractivity contribution in [2.75, 3.05) is 6.61 Å². The Hall–Kier alpha value is -1.84. The first-order valence-electron chi connectivity index (χ1n) is 9.27. The van der Waals surface area contributed by atoms with Crippen LogP contribution in [0.1, 0.15) is 75.6 Å². The fraction of sp³-hybridized carbons (Fsp3) is 0.600. The van der Waals surface area contributed by atoms with Gasteiger partial charge in [-0.05, 0) is 62.3 Å². The van der Waals surface area contributed by atoms with Gasteiger partial charge < -0.3 is 4.74 Å². The van der Waals surface area contributed by atoms with Crippen molar-refractivity contribution in [2.24, 2.45) is 11.0 Å². The number of unbranched alkanes of at least 4 members (excludes halogenated alkanes) is 3. The molecule has 1 fully saturated rings. The Morgan fingerprint density at radius 3 is 2.75 bits per heavy atom. The summed E-state index contributed by atoms with van der Waals surface area (Å²) in [5, 5.41) is 4.30. The molecule has 24 heavy (non-hydrogen) atoms. The van der Waals surface area contributed by atoms with Crippen molar-refractivity contribution in [3.63, 3.8) is 0 Å². The molecular formula is C20H30N2O2. The minimum absolute atomic E-state index is 0.157. The average molecular weight is 330 g/mol. The molecule has 0 radical (unpaired) electrons. The van der Waals surface area contributed by atoms with E-state index in [0.29, 0.717) is 11.5 Å². The number of ether oxygens (including phenoxy) is 1. The number of nitrogens with zero attached hydrogens (tertiary/aromatic N) is 1. The zero-order valence-corrected chi connectivity index (χ0v) is 15.0. The van der Waals surface area contributed by atoms with Crippen LogP contribution in [0.15, 0.2) is 29.4 Å². The van der Waals surface area contributed by atoms with Gasteiger partial charge >= 0.3 is 0 Å². The molecule has 1 saturated carbocycles. The molecule has 1 aromatic rings. The minimum Gasteiger partial charge on any atom is -0.494 e. The molecule has 1 atom stereocenters. The molecular weight excluding hydrogens is 300 g/mol. The maximum Gasteiger partial charge on any atom is 0.271 e. The summed E-state index contributed by atoms with van der Waals surface area (Å²) >= 11 is 0. The largest absolute Gasteiger partial charge is 0.494 e. The molecule has 4 nitrogen and oxygen atoms in total. The van der Waals surface area contributed by atoms with Crippen molar-refractivity contribution in [3.05, 3.63) is 29.8 Å². The van der Waals surface area contributed by atoms with E-state index in [9.17, 15) is 4.79 Å². The van der Waals surface area contributed by atoms with Crippen molar-refractivity contribution < 1.29 is 9.53 Å². The van der Waals surface area contributed by atoms with E-state index in [2.05, 4.69) is 24.4 Å². The summed E-state index contributed by atoms with van der Waals surface area (Å²) in [5.41, 5.74) is 4.40. The van der Waals surface area contributed by atoms with Crippen LogP contribution in [0.5, 0.6) is 5.75 Å². The smallest absolute Gasteiger partial charge is 0.271 e. The number of carbonyl (C=O) groups excluding carboxylic acids is 1. The molecule has 0 saturated heterocycles. The Morgan fingerprint density at radius 2 is 2.04 bits per heavy atom. The summed E-state index contributed by atoms with van der Waals surface area (Å²) in [6.45, 7) is 5.17. The lowest BCUT2D eigenvalue weighted by Gasteiger charge is -2.18. The fourth-order valence-corrected chi connectivity index (χ4v) is 2.98. The van der Waals surface area contributed by atoms with Crippen molar-refractivity contribution >= 4 is 11.6 Å². The first-order valence-corrected chi connectivity index (χ1v) is 9.27. The zero-order chi connectivity index (χ0) is 17.2. The molecule has 1 N–H and O–H groups in total. The molecule has 2 rings (SSSR count). The van der Waals surface area contributed by atoms with Crippen LogP contribution >= 0.6 is 0 Å². The topological polar surface area (TPSA) is 50.7 Å². The van der Waals surface area contributed by atoms with Gasteiger partial charge in [-0.25, -0.2) is 5.43 Å². The van der Waals surface area contributed by atoms with Crippen molar-refractivity contribution in [1.29, 1.82) is 0 Å². The first-order chi connectivity index (χ1) is 11.7. The highest BCUT2D eigenvalue weighted by atomic mass is 16.5. The highest BCUT2D eigenvalue weighted by molar-refractivity contribution is 5.95. The summed E-state index contributed by atoms with van der Waals surface area (Å²) in [6.07, 6.45) is 9.17. The van der Waals surface area contributed by atoms with E-state index in [0.717, 1.165) is 37.3 Å². The Balaban J connectivity index is 1.77. The summed E-state index contributed by atoms with van der Waals surface area (Å²) in [4.78, 5) is 12.2. The quantitative estimate of drug-likeness (QED) is 0.542. The third kappa shape index (κ3) is 6.34. The number of hydrazone groups is 1. The van der Waals surface area contributed by atoms with Crippen LogP contribution in [0.4, 0.5) is 0 Å². The zero-order valence-electron chi connectivity index (χ0n) is 15.0. The third-order valence-corrected chi connectivity index (χ3v) is 4.45. The van der Waals surface area contributed by atoms with Gasteiger partial charge in [0.2, 0.25) is 0 Å². The Bertz CT molecular complexity index is 537. The van der Waals surface area contributed by atoms with E-state index in [-0.39, 0.29) is 5.91 Å². The number of rotatable bonds is 8. The molecule has 4 heteroatoms. The van der Waals surface area contributed by atoms with Gasteiger partial charge in [0.25, 0.3) is 5.91 Å². The van der Waals surface area contributed by atoms with E-state index in [1.165, 1.54) is 32.1 Å². The van der Waals surface area contributed by atoms with Crippen LogP contribution in [0.3, 0.4) is 0 Å². The average Bonchev–Trinajstić information content (AvgIpc) is 2.60. The molecule has 0 heterocycles. The first kappa shape index (κ1) is 18.5. The Kier molecular flexibility index (Phi) is 7.80. The van der Waals surface area contributed by atoms with Gasteiger partial charge in [-0.2, -0.15) is 5.10 Å². The van der Waals surface area contributed by atoms with Crippen LogP contribution in [0, 0.1) is 5.92 Å². The third-order valence-electron chi connectivity index (χ3n) is 4.45. The van der Waals surface area contributed by atoms with Crippen LogP contribution in [0.25, 0.3) is 0 Å². The van der Waals surface area contributed by atoms with E-state index < -0.39 is 0 Å². The van der Waals surface area contributed by atoms with Gasteiger partial charge in [0, 0.05) is 11.3 Å². The van der Waals surface area contributed by atoms with Crippen LogP contribution in [-0.2, 0) is 0 Å². The number of hydrogen-bond acceptors (Lipinski definition) is 3. The molecule has 1 aromatic carbocycles. The van der Waals surface area contributed by atoms with Crippen LogP contribution in [-0.4, -0.2) is 18.2 Å². The van der Waals surface area contributed by atoms with Crippen molar-refractivity contribution in [1.82, 2.24) is 5.43 Å². The second-order valence-corrected chi connectivity index (χ2v) is 6.75. The normalized spacial score (nSPS) is 19.2. The maximum atomic E-state index is 12.2. The van der Waals surface area contributed by atoms with Gasteiger partial charge in [-0.15, -0.1) is 0 Å². The van der Waals surface area contributed by atoms with Crippen molar-refractivity contribution in [2.45, 2.75) is 65.2 Å². The van der Waals surface area contributed by atoms with Gasteiger partial charge in [0.15, 0.2) is 0 Å². The molecule has 1 aliphatic carbocycles. The summed E-state index contributed by atoms with van der Waals surface area (Å²) in [5.74, 6) is 1.33. The highest BCUT2D eigenvalue weighted by Crippen LogP contribution is 2.21. The summed E-state index contributed by atoms with van der Waals surface area (Å²) in [6, 6.07) is 7.29. The maximum absolute atomic E-state index is 12.2. The number of hydrogen-bond donors (Lipinski definition) is 1. The number of amides is 1. The van der Waals surface area contributed by atoms with Gasteiger partial charge in [0.1, 0.15) is 5.75 Å². The lowest BCUT2D eigenvalue weighted by molar-refractivity contribution is 0.0954. The predicted molar refractivity (Wildman–Crippen MR) is 98.6 cm³/mol. The van der Waals surface area contributed by atoms with Gasteiger partial charge in [-0.1, -0.05) is 33.1 Å². The van der Waals surface area contributed by atoms with Crippen LogP contribution in [0.2, 0.25) is 0 Å². The molecule has 0 aliphatic heterocycles.